The number of carbonyl (C=O) groups excluding carboxylic acids is 1. The molecule has 11 heteroatoms. The number of carbonyl (C=O) groups is 1. The zero-order valence-electron chi connectivity index (χ0n) is 20.5. The predicted octanol–water partition coefficient (Wildman–Crippen LogP) is 2.76. The van der Waals surface area contributed by atoms with E-state index in [1.807, 2.05) is 6.92 Å². The van der Waals surface area contributed by atoms with Gasteiger partial charge in [-0.05, 0) is 50.8 Å². The molecule has 1 N–H and O–H groups in total. The van der Waals surface area contributed by atoms with Crippen molar-refractivity contribution in [1.29, 1.82) is 0 Å². The van der Waals surface area contributed by atoms with Crippen molar-refractivity contribution in [2.45, 2.75) is 46.2 Å². The lowest BCUT2D eigenvalue weighted by Crippen LogP contribution is -2.29. The van der Waals surface area contributed by atoms with Gasteiger partial charge in [-0.2, -0.15) is 9.40 Å². The quantitative estimate of drug-likeness (QED) is 0.534. The van der Waals surface area contributed by atoms with Gasteiger partial charge in [0, 0.05) is 49.5 Å². The van der Waals surface area contributed by atoms with Crippen LogP contribution in [0.25, 0.3) is 22.0 Å². The summed E-state index contributed by atoms with van der Waals surface area (Å²) in [6.07, 6.45) is 1.02. The molecule has 2 aromatic heterocycles. The molecular weight excluding hydrogens is 475 g/mol. The number of aliphatic hydroxyl groups excluding tert-OH is 1. The molecule has 0 spiro atoms. The molecule has 0 atom stereocenters. The predicted molar refractivity (Wildman–Crippen MR) is 130 cm³/mol. The van der Waals surface area contributed by atoms with Gasteiger partial charge < -0.3 is 14.4 Å². The highest BCUT2D eigenvalue weighted by atomic mass is 32.2. The Morgan fingerprint density at radius 1 is 1.26 bits per heavy atom. The third-order valence-electron chi connectivity index (χ3n) is 6.62. The van der Waals surface area contributed by atoms with Crippen LogP contribution in [0, 0.1) is 12.7 Å². The molecule has 0 bridgehead atoms. The molecule has 0 fully saturated rings. The minimum atomic E-state index is -3.61. The maximum atomic E-state index is 15.7. The fraction of sp³-hybridized carbons (Fsp3) is 0.500. The lowest BCUT2D eigenvalue weighted by atomic mass is 9.97. The van der Waals surface area contributed by atoms with Crippen molar-refractivity contribution in [3.63, 3.8) is 0 Å². The molecule has 190 valence electrons. The Morgan fingerprint density at radius 3 is 2.69 bits per heavy atom. The summed E-state index contributed by atoms with van der Waals surface area (Å²) in [6.45, 7) is 3.79. The third-order valence-corrected chi connectivity index (χ3v) is 8.50. The molecule has 1 aliphatic rings. The molecule has 0 aliphatic carbocycles. The Balaban J connectivity index is 2.15. The van der Waals surface area contributed by atoms with Crippen molar-refractivity contribution in [1.82, 2.24) is 18.7 Å². The minimum absolute atomic E-state index is 0.00200. The molecule has 0 saturated carbocycles. The largest absolute Gasteiger partial charge is 0.461 e. The molecule has 4 rings (SSSR count). The number of halogens is 1. The summed E-state index contributed by atoms with van der Waals surface area (Å²) in [5.74, 6) is -1.17. The smallest absolute Gasteiger partial charge is 0.355 e. The lowest BCUT2D eigenvalue weighted by molar-refractivity contribution is 0.0512. The Bertz CT molecular complexity index is 1390. The van der Waals surface area contributed by atoms with Gasteiger partial charge in [-0.1, -0.05) is 0 Å². The molecule has 0 unspecified atom stereocenters. The van der Waals surface area contributed by atoms with E-state index >= 15 is 4.39 Å². The minimum Gasteiger partial charge on any atom is -0.461 e. The van der Waals surface area contributed by atoms with Crippen LogP contribution >= 0.6 is 0 Å². The Hall–Kier alpha value is -2.76. The lowest BCUT2D eigenvalue weighted by Gasteiger charge is -2.16. The molecule has 35 heavy (non-hydrogen) atoms. The number of hydrogen-bond acceptors (Lipinski definition) is 6. The van der Waals surface area contributed by atoms with E-state index in [0.717, 1.165) is 0 Å². The van der Waals surface area contributed by atoms with Crippen LogP contribution in [0.4, 0.5) is 4.39 Å². The van der Waals surface area contributed by atoms with Gasteiger partial charge in [0.05, 0.1) is 30.1 Å². The second kappa shape index (κ2) is 9.71. The standard InChI is InChI=1S/C24H31FN4O5S/c1-5-34-24(31)23-16(8-6-12-30)17-9-10-18(25)21-20-15(2)28(4)26-19(20)14-27(3)35(32,33)13-7-11-29(23)22(17)21/h9-10,30H,5-8,11-14H2,1-4H3. The first kappa shape index (κ1) is 25.3. The number of esters is 1. The Labute approximate surface area is 204 Å². The van der Waals surface area contributed by atoms with Crippen molar-refractivity contribution in [3.8, 4) is 11.1 Å². The van der Waals surface area contributed by atoms with Crippen molar-refractivity contribution >= 4 is 26.9 Å². The number of hydrogen-bond donors (Lipinski definition) is 1. The first-order chi connectivity index (χ1) is 16.6. The van der Waals surface area contributed by atoms with E-state index < -0.39 is 21.8 Å². The van der Waals surface area contributed by atoms with Crippen LogP contribution in [0.2, 0.25) is 0 Å². The first-order valence-electron chi connectivity index (χ1n) is 11.7. The average molecular weight is 507 g/mol. The number of ether oxygens (including phenoxy) is 1. The summed E-state index contributed by atoms with van der Waals surface area (Å²) in [7, 11) is -0.385. The zero-order valence-corrected chi connectivity index (χ0v) is 21.3. The number of nitrogens with zero attached hydrogens (tertiary/aromatic N) is 4. The summed E-state index contributed by atoms with van der Waals surface area (Å²) in [6, 6.07) is 3.02. The molecule has 3 aromatic rings. The van der Waals surface area contributed by atoms with Crippen molar-refractivity contribution in [3.05, 3.63) is 40.6 Å². The van der Waals surface area contributed by atoms with Gasteiger partial charge in [-0.3, -0.25) is 4.68 Å². The number of rotatable bonds is 5. The SMILES string of the molecule is CCOC(=O)c1c(CCCO)c2ccc(F)c3c2n1CCCS(=O)(=O)N(C)Cc1nn(C)c(C)c1-3. The van der Waals surface area contributed by atoms with E-state index in [0.29, 0.717) is 46.3 Å². The summed E-state index contributed by atoms with van der Waals surface area (Å²) >= 11 is 0. The van der Waals surface area contributed by atoms with Crippen LogP contribution in [0.3, 0.4) is 0 Å². The van der Waals surface area contributed by atoms with Gasteiger partial charge in [0.25, 0.3) is 0 Å². The van der Waals surface area contributed by atoms with Crippen LogP contribution in [0.5, 0.6) is 0 Å². The maximum absolute atomic E-state index is 15.7. The van der Waals surface area contributed by atoms with Gasteiger partial charge >= 0.3 is 5.97 Å². The first-order valence-corrected chi connectivity index (χ1v) is 13.3. The molecular formula is C24H31FN4O5S. The summed E-state index contributed by atoms with van der Waals surface area (Å²) in [4.78, 5) is 13.2. The number of aromatic nitrogens is 3. The third kappa shape index (κ3) is 4.36. The van der Waals surface area contributed by atoms with E-state index in [1.54, 1.807) is 29.3 Å². The fourth-order valence-electron chi connectivity index (χ4n) is 4.88. The molecule has 3 heterocycles. The van der Waals surface area contributed by atoms with Crippen LogP contribution in [0.1, 0.15) is 47.2 Å². The number of fused-ring (bicyclic) bond motifs is 2. The van der Waals surface area contributed by atoms with Gasteiger partial charge in [-0.25, -0.2) is 17.6 Å². The molecule has 9 nitrogen and oxygen atoms in total. The Morgan fingerprint density at radius 2 is 2.00 bits per heavy atom. The van der Waals surface area contributed by atoms with Crippen LogP contribution in [-0.4, -0.2) is 64.2 Å². The van der Waals surface area contributed by atoms with Crippen LogP contribution < -0.4 is 0 Å². The summed E-state index contributed by atoms with van der Waals surface area (Å²) in [5, 5.41) is 14.7. The van der Waals surface area contributed by atoms with Gasteiger partial charge in [0.15, 0.2) is 0 Å². The van der Waals surface area contributed by atoms with E-state index in [1.165, 1.54) is 17.4 Å². The summed E-state index contributed by atoms with van der Waals surface area (Å²) < 4.78 is 51.6. The van der Waals surface area contributed by atoms with E-state index in [4.69, 9.17) is 4.74 Å². The van der Waals surface area contributed by atoms with E-state index in [2.05, 4.69) is 5.10 Å². The number of aliphatic hydroxyl groups is 1. The van der Waals surface area contributed by atoms with Crippen molar-refractivity contribution in [2.24, 2.45) is 7.05 Å². The topological polar surface area (TPSA) is 107 Å². The highest BCUT2D eigenvalue weighted by Gasteiger charge is 2.31. The van der Waals surface area contributed by atoms with Crippen LogP contribution in [0.15, 0.2) is 12.1 Å². The molecule has 0 saturated heterocycles. The average Bonchev–Trinajstić information content (AvgIpc) is 3.25. The van der Waals surface area contributed by atoms with E-state index in [9.17, 15) is 18.3 Å². The van der Waals surface area contributed by atoms with Crippen molar-refractivity contribution < 1.29 is 27.4 Å². The molecule has 1 aromatic carbocycles. The molecule has 1 aliphatic heterocycles. The molecule has 0 radical (unpaired) electrons. The van der Waals surface area contributed by atoms with Crippen molar-refractivity contribution in [2.75, 3.05) is 26.0 Å². The Kier molecular flexibility index (Phi) is 7.03. The zero-order chi connectivity index (χ0) is 25.5. The molecule has 0 amide bonds. The number of sulfonamides is 1. The second-order valence-corrected chi connectivity index (χ2v) is 11.0. The second-order valence-electron chi connectivity index (χ2n) is 8.80. The fourth-order valence-corrected chi connectivity index (χ4v) is 6.00. The van der Waals surface area contributed by atoms with Gasteiger partial charge in [0.2, 0.25) is 10.0 Å². The van der Waals surface area contributed by atoms with E-state index in [-0.39, 0.29) is 49.7 Å². The monoisotopic (exact) mass is 506 g/mol. The van der Waals surface area contributed by atoms with Crippen LogP contribution in [-0.2, 0) is 41.3 Å². The normalized spacial score (nSPS) is 16.2. The maximum Gasteiger partial charge on any atom is 0.355 e. The summed E-state index contributed by atoms with van der Waals surface area (Å²) in [5.41, 5.74) is 3.37. The van der Waals surface area contributed by atoms with Gasteiger partial charge in [0.1, 0.15) is 11.5 Å². The highest BCUT2D eigenvalue weighted by Crippen LogP contribution is 2.40. The number of benzene rings is 1. The highest BCUT2D eigenvalue weighted by molar-refractivity contribution is 7.89. The van der Waals surface area contributed by atoms with Gasteiger partial charge in [-0.15, -0.1) is 0 Å². The number of aryl methyl sites for hydroxylation is 3.